The highest BCUT2D eigenvalue weighted by atomic mass is 16.6. The number of carboxylic acid groups (broad SMARTS) is 1. The van der Waals surface area contributed by atoms with Crippen molar-refractivity contribution in [3.05, 3.63) is 11.6 Å². The maximum Gasteiger partial charge on any atom is 0.326 e. The summed E-state index contributed by atoms with van der Waals surface area (Å²) in [6, 6.07) is -1.02. The number of likely N-dealkylation sites (tertiary alicyclic amines) is 1. The summed E-state index contributed by atoms with van der Waals surface area (Å²) >= 11 is 0. The molecule has 3 saturated carbocycles. The number of nitrogens with zero attached hydrogens (tertiary/aromatic N) is 2. The SMILES string of the molecule is C#C[C@@]1(O)CC[C@@H]2[C@@H]3CCC4=C/C(=N/OCC(=O)N5C[C@H](O)C[C@@H]5C(=O)O)CC[C@]4(C)[C@@H]3CC[C@@]21C. The number of allylic oxidation sites excluding steroid dienone is 2. The van der Waals surface area contributed by atoms with Crippen LogP contribution in [0.3, 0.4) is 0 Å². The molecule has 0 aromatic carbocycles. The molecule has 4 fully saturated rings. The van der Waals surface area contributed by atoms with Crippen LogP contribution in [0, 0.1) is 40.9 Å². The van der Waals surface area contributed by atoms with Crippen LogP contribution < -0.4 is 0 Å². The van der Waals surface area contributed by atoms with Crippen molar-refractivity contribution in [2.75, 3.05) is 13.2 Å². The molecule has 3 N–H and O–H groups in total. The summed E-state index contributed by atoms with van der Waals surface area (Å²) < 4.78 is 0. The van der Waals surface area contributed by atoms with Crippen LogP contribution >= 0.6 is 0 Å². The standard InChI is InChI=1S/C28H38N2O6/c1-4-28(35)12-9-22-20-6-5-17-13-18(7-10-26(17,2)21(20)8-11-27(22,28)3)29-36-16-24(32)30-15-19(31)14-23(30)25(33)34/h1,13,19-23,31,35H,5-12,14-16H2,2-3H3,(H,33,34)/b29-18+/t19-,20-,21-,22-,23-,26+,27+,28-/m1/s1. The molecule has 1 amide bonds. The number of β-amino-alcohol motifs (C(OH)–C–C–N with tert-alkyl or cyclic N) is 1. The van der Waals surface area contributed by atoms with E-state index in [0.717, 1.165) is 55.6 Å². The Hall–Kier alpha value is -2.37. The van der Waals surface area contributed by atoms with Crippen LogP contribution in [0.25, 0.3) is 0 Å². The number of hydrogen-bond donors (Lipinski definition) is 3. The van der Waals surface area contributed by atoms with Crippen LogP contribution in [0.4, 0.5) is 0 Å². The Morgan fingerprint density at radius 2 is 1.94 bits per heavy atom. The Labute approximate surface area is 212 Å². The summed E-state index contributed by atoms with van der Waals surface area (Å²) in [5.41, 5.74) is 1.11. The van der Waals surface area contributed by atoms with E-state index in [1.54, 1.807) is 0 Å². The van der Waals surface area contributed by atoms with E-state index in [-0.39, 0.29) is 30.4 Å². The monoisotopic (exact) mass is 498 g/mol. The molecule has 1 saturated heterocycles. The Kier molecular flexibility index (Phi) is 6.24. The summed E-state index contributed by atoms with van der Waals surface area (Å²) in [6.07, 6.45) is 14.7. The van der Waals surface area contributed by atoms with Gasteiger partial charge < -0.3 is 25.1 Å². The van der Waals surface area contributed by atoms with Crippen molar-refractivity contribution in [2.45, 2.75) is 89.4 Å². The minimum atomic E-state index is -1.12. The second-order valence-electron chi connectivity index (χ2n) is 12.1. The van der Waals surface area contributed by atoms with Crippen molar-refractivity contribution in [2.24, 2.45) is 33.7 Å². The molecule has 8 nitrogen and oxygen atoms in total. The number of hydrogen-bond acceptors (Lipinski definition) is 6. The molecule has 4 aliphatic carbocycles. The molecule has 0 spiro atoms. The second kappa shape index (κ2) is 8.88. The van der Waals surface area contributed by atoms with Gasteiger partial charge in [0.2, 0.25) is 0 Å². The van der Waals surface area contributed by atoms with E-state index >= 15 is 0 Å². The lowest BCUT2D eigenvalue weighted by molar-refractivity contribution is -0.150. The number of oxime groups is 1. The first-order valence-corrected chi connectivity index (χ1v) is 13.3. The largest absolute Gasteiger partial charge is 0.480 e. The molecule has 196 valence electrons. The van der Waals surface area contributed by atoms with E-state index in [9.17, 15) is 24.9 Å². The molecule has 0 aromatic heterocycles. The van der Waals surface area contributed by atoms with Crippen LogP contribution in [-0.2, 0) is 14.4 Å². The number of aliphatic hydroxyl groups excluding tert-OH is 1. The van der Waals surface area contributed by atoms with Crippen LogP contribution in [0.2, 0.25) is 0 Å². The first kappa shape index (κ1) is 25.3. The summed E-state index contributed by atoms with van der Waals surface area (Å²) in [5, 5.41) is 34.5. The molecule has 0 unspecified atom stereocenters. The highest BCUT2D eigenvalue weighted by Gasteiger charge is 2.63. The summed E-state index contributed by atoms with van der Waals surface area (Å²) in [5.74, 6) is 2.73. The van der Waals surface area contributed by atoms with E-state index in [2.05, 4.69) is 31.0 Å². The number of aliphatic carboxylic acids is 1. The minimum Gasteiger partial charge on any atom is -0.480 e. The first-order valence-electron chi connectivity index (χ1n) is 13.3. The average molecular weight is 499 g/mol. The van der Waals surface area contributed by atoms with Crippen molar-refractivity contribution in [1.29, 1.82) is 0 Å². The zero-order valence-electron chi connectivity index (χ0n) is 21.3. The lowest BCUT2D eigenvalue weighted by atomic mass is 9.46. The van der Waals surface area contributed by atoms with Crippen molar-refractivity contribution in [3.63, 3.8) is 0 Å². The molecule has 36 heavy (non-hydrogen) atoms. The van der Waals surface area contributed by atoms with Crippen LogP contribution in [0.5, 0.6) is 0 Å². The van der Waals surface area contributed by atoms with E-state index < -0.39 is 29.6 Å². The Morgan fingerprint density at radius 3 is 2.67 bits per heavy atom. The Morgan fingerprint density at radius 1 is 1.19 bits per heavy atom. The fourth-order valence-corrected chi connectivity index (χ4v) is 8.47. The summed E-state index contributed by atoms with van der Waals surface area (Å²) in [6.45, 7) is 4.25. The van der Waals surface area contributed by atoms with Crippen molar-refractivity contribution >= 4 is 17.6 Å². The predicted molar refractivity (Wildman–Crippen MR) is 133 cm³/mol. The third-order valence-corrected chi connectivity index (χ3v) is 10.6. The van der Waals surface area contributed by atoms with Crippen LogP contribution in [0.15, 0.2) is 16.8 Å². The second-order valence-corrected chi connectivity index (χ2v) is 12.1. The van der Waals surface area contributed by atoms with Gasteiger partial charge in [-0.25, -0.2) is 4.79 Å². The van der Waals surface area contributed by atoms with Gasteiger partial charge in [0.25, 0.3) is 5.91 Å². The van der Waals surface area contributed by atoms with Gasteiger partial charge in [-0.15, -0.1) is 6.42 Å². The maximum absolute atomic E-state index is 12.5. The third kappa shape index (κ3) is 3.78. The number of carbonyl (C=O) groups is 2. The molecular formula is C28H38N2O6. The molecule has 0 bridgehead atoms. The van der Waals surface area contributed by atoms with E-state index in [4.69, 9.17) is 11.3 Å². The lowest BCUT2D eigenvalue weighted by Crippen LogP contribution is -2.54. The number of carboxylic acids is 1. The topological polar surface area (TPSA) is 120 Å². The highest BCUT2D eigenvalue weighted by Crippen LogP contribution is 2.67. The third-order valence-electron chi connectivity index (χ3n) is 10.6. The Bertz CT molecular complexity index is 1050. The number of aliphatic hydroxyl groups is 2. The fraction of sp³-hybridized carbons (Fsp3) is 0.750. The number of rotatable bonds is 4. The molecule has 5 aliphatic rings. The van der Waals surface area contributed by atoms with Gasteiger partial charge in [-0.1, -0.05) is 30.5 Å². The predicted octanol–water partition coefficient (Wildman–Crippen LogP) is 2.73. The van der Waals surface area contributed by atoms with Gasteiger partial charge in [-0.05, 0) is 80.6 Å². The summed E-state index contributed by atoms with van der Waals surface area (Å²) in [4.78, 5) is 30.4. The first-order chi connectivity index (χ1) is 17.0. The zero-order valence-corrected chi connectivity index (χ0v) is 21.3. The quantitative estimate of drug-likeness (QED) is 0.405. The number of amides is 1. The van der Waals surface area contributed by atoms with E-state index in [1.807, 2.05) is 0 Å². The van der Waals surface area contributed by atoms with Gasteiger partial charge in [-0.3, -0.25) is 4.79 Å². The molecule has 1 aliphatic heterocycles. The van der Waals surface area contributed by atoms with Gasteiger partial charge in [0.05, 0.1) is 11.8 Å². The average Bonchev–Trinajstić information content (AvgIpc) is 3.37. The molecule has 5 rings (SSSR count). The fourth-order valence-electron chi connectivity index (χ4n) is 8.47. The summed E-state index contributed by atoms with van der Waals surface area (Å²) in [7, 11) is 0. The minimum absolute atomic E-state index is 0.000520. The Balaban J connectivity index is 1.25. The molecule has 0 aromatic rings. The van der Waals surface area contributed by atoms with E-state index in [0.29, 0.717) is 24.2 Å². The van der Waals surface area contributed by atoms with E-state index in [1.165, 1.54) is 5.57 Å². The molecular weight excluding hydrogens is 460 g/mol. The van der Waals surface area contributed by atoms with Gasteiger partial charge in [0, 0.05) is 18.4 Å². The van der Waals surface area contributed by atoms with Crippen molar-refractivity contribution in [1.82, 2.24) is 4.90 Å². The van der Waals surface area contributed by atoms with Crippen molar-refractivity contribution in [3.8, 4) is 12.3 Å². The maximum atomic E-state index is 12.5. The number of carbonyl (C=O) groups excluding carboxylic acids is 1. The highest BCUT2D eigenvalue weighted by molar-refractivity contribution is 5.96. The van der Waals surface area contributed by atoms with Gasteiger partial charge in [-0.2, -0.15) is 0 Å². The lowest BCUT2D eigenvalue weighted by Gasteiger charge is -2.58. The smallest absolute Gasteiger partial charge is 0.326 e. The molecule has 1 heterocycles. The van der Waals surface area contributed by atoms with Crippen LogP contribution in [-0.4, -0.2) is 68.7 Å². The normalized spacial score (nSPS) is 44.8. The number of fused-ring (bicyclic) bond motifs is 5. The zero-order chi connectivity index (χ0) is 25.9. The molecule has 8 heteroatoms. The molecule has 0 radical (unpaired) electrons. The van der Waals surface area contributed by atoms with Gasteiger partial charge in [0.1, 0.15) is 11.6 Å². The van der Waals surface area contributed by atoms with Crippen LogP contribution in [0.1, 0.15) is 71.6 Å². The molecule has 8 atom stereocenters. The van der Waals surface area contributed by atoms with Gasteiger partial charge in [0.15, 0.2) is 6.61 Å². The van der Waals surface area contributed by atoms with Crippen molar-refractivity contribution < 1.29 is 29.7 Å². The van der Waals surface area contributed by atoms with Gasteiger partial charge >= 0.3 is 5.97 Å². The number of terminal acetylenes is 1.